The topological polar surface area (TPSA) is 159 Å². The molecule has 0 fully saturated rings. The molecule has 29 heavy (non-hydrogen) atoms. The molecule has 0 aliphatic carbocycles. The summed E-state index contributed by atoms with van der Waals surface area (Å²) in [7, 11) is 0. The lowest BCUT2D eigenvalue weighted by Gasteiger charge is -2.08. The third kappa shape index (κ3) is 3.83. The van der Waals surface area contributed by atoms with Crippen LogP contribution in [-0.4, -0.2) is 46.8 Å². The van der Waals surface area contributed by atoms with Gasteiger partial charge in [-0.25, -0.2) is 24.9 Å². The Morgan fingerprint density at radius 3 is 2.76 bits per heavy atom. The molecule has 0 spiro atoms. The van der Waals surface area contributed by atoms with Gasteiger partial charge in [0.15, 0.2) is 17.0 Å². The van der Waals surface area contributed by atoms with Crippen molar-refractivity contribution in [3.63, 3.8) is 0 Å². The van der Waals surface area contributed by atoms with Crippen molar-refractivity contribution in [2.24, 2.45) is 0 Å². The van der Waals surface area contributed by atoms with Crippen molar-refractivity contribution in [3.05, 3.63) is 66.3 Å². The van der Waals surface area contributed by atoms with E-state index < -0.39 is 11.8 Å². The second-order valence-corrected chi connectivity index (χ2v) is 5.88. The fourth-order valence-corrected chi connectivity index (χ4v) is 2.60. The third-order valence-electron chi connectivity index (χ3n) is 3.96. The number of aromatic nitrogens is 6. The van der Waals surface area contributed by atoms with E-state index in [2.05, 4.69) is 40.5 Å². The van der Waals surface area contributed by atoms with Crippen molar-refractivity contribution in [2.75, 3.05) is 5.32 Å². The van der Waals surface area contributed by atoms with E-state index in [1.165, 1.54) is 37.2 Å². The summed E-state index contributed by atoms with van der Waals surface area (Å²) in [6.07, 6.45) is 5.60. The Bertz CT molecular complexity index is 1210. The van der Waals surface area contributed by atoms with Gasteiger partial charge in [0.1, 0.15) is 23.4 Å². The number of hydrogen-bond acceptors (Lipinski definition) is 8. The van der Waals surface area contributed by atoms with Gasteiger partial charge in [-0.15, -0.1) is 0 Å². The molecule has 0 radical (unpaired) electrons. The summed E-state index contributed by atoms with van der Waals surface area (Å²) >= 11 is 0. The van der Waals surface area contributed by atoms with E-state index in [0.717, 1.165) is 0 Å². The number of nitrogens with one attached hydrogen (secondary N) is 3. The fraction of sp³-hybridized carbons (Fsp3) is 0.0556. The molecule has 144 valence electrons. The largest absolute Gasteiger partial charge is 0.505 e. The molecule has 11 nitrogen and oxygen atoms in total. The van der Waals surface area contributed by atoms with E-state index in [9.17, 15) is 14.7 Å². The van der Waals surface area contributed by atoms with Gasteiger partial charge in [-0.2, -0.15) is 0 Å². The minimum Gasteiger partial charge on any atom is -0.505 e. The monoisotopic (exact) mass is 390 g/mol. The highest BCUT2D eigenvalue weighted by Crippen LogP contribution is 2.15. The maximum atomic E-state index is 12.4. The highest BCUT2D eigenvalue weighted by molar-refractivity contribution is 6.04. The number of aromatic hydroxyl groups is 1. The van der Waals surface area contributed by atoms with Crippen LogP contribution in [0.4, 0.5) is 5.82 Å². The number of carbonyl (C=O) groups is 2. The Morgan fingerprint density at radius 2 is 1.90 bits per heavy atom. The van der Waals surface area contributed by atoms with Crippen LogP contribution >= 0.6 is 0 Å². The number of rotatable bonds is 5. The van der Waals surface area contributed by atoms with Gasteiger partial charge in [0, 0.05) is 18.9 Å². The number of fused-ring (bicyclic) bond motifs is 1. The van der Waals surface area contributed by atoms with Gasteiger partial charge in [0.05, 0.1) is 6.33 Å². The molecule has 0 bridgehead atoms. The van der Waals surface area contributed by atoms with Crippen LogP contribution in [0.1, 0.15) is 26.5 Å². The number of hydrogen-bond donors (Lipinski definition) is 4. The quantitative estimate of drug-likeness (QED) is 0.393. The molecule has 0 saturated carbocycles. The molecule has 4 N–H and O–H groups in total. The molecular formula is C18H14N8O3. The summed E-state index contributed by atoms with van der Waals surface area (Å²) in [6.45, 7) is 0.179. The first-order valence-corrected chi connectivity index (χ1v) is 8.44. The second kappa shape index (κ2) is 7.68. The van der Waals surface area contributed by atoms with Crippen LogP contribution in [0.2, 0.25) is 0 Å². The highest BCUT2D eigenvalue weighted by atomic mass is 16.3. The maximum absolute atomic E-state index is 12.4. The van der Waals surface area contributed by atoms with Crippen LogP contribution in [0, 0.1) is 0 Å². The minimum atomic E-state index is -0.598. The van der Waals surface area contributed by atoms with Crippen LogP contribution in [0.3, 0.4) is 0 Å². The van der Waals surface area contributed by atoms with E-state index in [0.29, 0.717) is 16.7 Å². The zero-order valence-corrected chi connectivity index (χ0v) is 14.8. The van der Waals surface area contributed by atoms with Crippen LogP contribution in [0.5, 0.6) is 5.75 Å². The Kier molecular flexibility index (Phi) is 4.76. The van der Waals surface area contributed by atoms with Crippen molar-refractivity contribution < 1.29 is 14.7 Å². The number of pyridine rings is 2. The van der Waals surface area contributed by atoms with E-state index in [-0.39, 0.29) is 29.5 Å². The summed E-state index contributed by atoms with van der Waals surface area (Å²) in [5.74, 6) is -0.977. The molecule has 11 heteroatoms. The van der Waals surface area contributed by atoms with Crippen molar-refractivity contribution >= 4 is 28.8 Å². The Morgan fingerprint density at radius 1 is 1.00 bits per heavy atom. The van der Waals surface area contributed by atoms with E-state index in [4.69, 9.17) is 0 Å². The SMILES string of the molecule is O=C(Nc1cc(CNC(=O)c2ncnc3nc[nH]c23)ccn1)c1ncccc1O. The average molecular weight is 390 g/mol. The van der Waals surface area contributed by atoms with Gasteiger partial charge >= 0.3 is 0 Å². The predicted molar refractivity (Wildman–Crippen MR) is 101 cm³/mol. The normalized spacial score (nSPS) is 10.6. The first-order valence-electron chi connectivity index (χ1n) is 8.44. The van der Waals surface area contributed by atoms with Crippen LogP contribution in [0.15, 0.2) is 49.3 Å². The molecule has 4 aromatic rings. The van der Waals surface area contributed by atoms with Crippen LogP contribution < -0.4 is 10.6 Å². The van der Waals surface area contributed by atoms with Crippen molar-refractivity contribution in [1.82, 2.24) is 35.2 Å². The molecule has 4 rings (SSSR count). The van der Waals surface area contributed by atoms with Crippen molar-refractivity contribution in [1.29, 1.82) is 0 Å². The van der Waals surface area contributed by atoms with Gasteiger partial charge < -0.3 is 20.7 Å². The number of carbonyl (C=O) groups excluding carboxylic acids is 2. The summed E-state index contributed by atoms with van der Waals surface area (Å²) in [4.78, 5) is 47.4. The Hall–Kier alpha value is -4.41. The lowest BCUT2D eigenvalue weighted by atomic mass is 10.2. The van der Waals surface area contributed by atoms with E-state index >= 15 is 0 Å². The first kappa shape index (κ1) is 18.0. The molecule has 0 aliphatic heterocycles. The van der Waals surface area contributed by atoms with Crippen molar-refractivity contribution in [3.8, 4) is 5.75 Å². The number of H-pyrrole nitrogens is 1. The number of amides is 2. The number of aromatic amines is 1. The standard InChI is InChI=1S/C18H14N8O3/c27-11-2-1-4-20-13(11)18(29)26-12-6-10(3-5-19-12)7-21-17(28)15-14-16(24-8-22-14)25-9-23-15/h1-6,8-9,27H,7H2,(H,21,28)(H,19,26,29)(H,22,23,24,25). The zero-order chi connectivity index (χ0) is 20.2. The first-order chi connectivity index (χ1) is 14.1. The molecule has 0 atom stereocenters. The summed E-state index contributed by atoms with van der Waals surface area (Å²) < 4.78 is 0. The maximum Gasteiger partial charge on any atom is 0.279 e. The summed E-state index contributed by atoms with van der Waals surface area (Å²) in [5.41, 5.74) is 1.62. The Labute approximate surface area is 163 Å². The molecule has 4 heterocycles. The predicted octanol–water partition coefficient (Wildman–Crippen LogP) is 1.03. The molecule has 0 aliphatic rings. The minimum absolute atomic E-state index is 0.111. The molecule has 4 aromatic heterocycles. The number of imidazole rings is 1. The lowest BCUT2D eigenvalue weighted by Crippen LogP contribution is -2.24. The third-order valence-corrected chi connectivity index (χ3v) is 3.96. The van der Waals surface area contributed by atoms with Crippen LogP contribution in [-0.2, 0) is 6.54 Å². The van der Waals surface area contributed by atoms with Crippen molar-refractivity contribution in [2.45, 2.75) is 6.54 Å². The highest BCUT2D eigenvalue weighted by Gasteiger charge is 2.15. The second-order valence-electron chi connectivity index (χ2n) is 5.88. The van der Waals surface area contributed by atoms with Gasteiger partial charge in [-0.1, -0.05) is 0 Å². The summed E-state index contributed by atoms with van der Waals surface area (Å²) in [5, 5.41) is 15.0. The van der Waals surface area contributed by atoms with Gasteiger partial charge in [0.2, 0.25) is 0 Å². The average Bonchev–Trinajstić information content (AvgIpc) is 3.21. The molecule has 0 unspecified atom stereocenters. The Balaban J connectivity index is 1.44. The molecule has 0 aromatic carbocycles. The lowest BCUT2D eigenvalue weighted by molar-refractivity contribution is 0.0946. The fourth-order valence-electron chi connectivity index (χ4n) is 2.60. The number of anilines is 1. The molecular weight excluding hydrogens is 376 g/mol. The van der Waals surface area contributed by atoms with Crippen LogP contribution in [0.25, 0.3) is 11.2 Å². The summed E-state index contributed by atoms with van der Waals surface area (Å²) in [6, 6.07) is 6.18. The van der Waals surface area contributed by atoms with E-state index in [1.54, 1.807) is 12.1 Å². The van der Waals surface area contributed by atoms with Gasteiger partial charge in [-0.05, 0) is 29.8 Å². The van der Waals surface area contributed by atoms with Gasteiger partial charge in [0.25, 0.3) is 11.8 Å². The molecule has 2 amide bonds. The van der Waals surface area contributed by atoms with Gasteiger partial charge in [-0.3, -0.25) is 9.59 Å². The van der Waals surface area contributed by atoms with E-state index in [1.807, 2.05) is 0 Å². The zero-order valence-electron chi connectivity index (χ0n) is 14.8. The smallest absolute Gasteiger partial charge is 0.279 e. The molecule has 0 saturated heterocycles. The number of nitrogens with zero attached hydrogens (tertiary/aromatic N) is 5.